The zero-order chi connectivity index (χ0) is 12.8. The fraction of sp³-hybridized carbons (Fsp3) is 0.417. The highest BCUT2D eigenvalue weighted by Crippen LogP contribution is 2.21. The van der Waals surface area contributed by atoms with E-state index in [4.69, 9.17) is 14.6 Å². The number of hydrogen-bond acceptors (Lipinski definition) is 3. The Balaban J connectivity index is 2.79. The number of carboxylic acids is 1. The highest BCUT2D eigenvalue weighted by atomic mass is 19.1. The number of halogens is 1. The van der Waals surface area contributed by atoms with E-state index >= 15 is 0 Å². The minimum atomic E-state index is -1.22. The zero-order valence-corrected chi connectivity index (χ0v) is 9.77. The molecular formula is C12H15FO4. The predicted octanol–water partition coefficient (Wildman–Crippen LogP) is 2.33. The van der Waals surface area contributed by atoms with Gasteiger partial charge in [0.2, 0.25) is 0 Å². The van der Waals surface area contributed by atoms with Crippen LogP contribution in [0.4, 0.5) is 4.39 Å². The van der Waals surface area contributed by atoms with Crippen molar-refractivity contribution in [2.75, 3.05) is 13.2 Å². The van der Waals surface area contributed by atoms with Gasteiger partial charge in [-0.15, -0.1) is 0 Å². The van der Waals surface area contributed by atoms with Crippen LogP contribution in [-0.2, 0) is 4.74 Å². The van der Waals surface area contributed by atoms with Gasteiger partial charge in [0.05, 0.1) is 6.61 Å². The third kappa shape index (κ3) is 4.03. The summed E-state index contributed by atoms with van der Waals surface area (Å²) in [6.07, 6.45) is -0.293. The number of aromatic carboxylic acids is 1. The van der Waals surface area contributed by atoms with E-state index < -0.39 is 11.8 Å². The van der Waals surface area contributed by atoms with Crippen molar-refractivity contribution in [2.24, 2.45) is 0 Å². The van der Waals surface area contributed by atoms with Gasteiger partial charge in [0, 0.05) is 6.61 Å². The Hall–Kier alpha value is -1.62. The maximum absolute atomic E-state index is 12.9. The SMILES string of the molecule is CCOCC(C)Oc1ccc(F)cc1C(=O)O. The van der Waals surface area contributed by atoms with Crippen molar-refractivity contribution < 1.29 is 23.8 Å². The van der Waals surface area contributed by atoms with Gasteiger partial charge in [-0.1, -0.05) is 0 Å². The van der Waals surface area contributed by atoms with E-state index in [1.54, 1.807) is 6.92 Å². The van der Waals surface area contributed by atoms with Gasteiger partial charge >= 0.3 is 5.97 Å². The minimum absolute atomic E-state index is 0.145. The van der Waals surface area contributed by atoms with Crippen LogP contribution in [0, 0.1) is 5.82 Å². The average molecular weight is 242 g/mol. The summed E-state index contributed by atoms with van der Waals surface area (Å²) in [5.41, 5.74) is -0.187. The molecule has 1 aromatic rings. The van der Waals surface area contributed by atoms with Crippen LogP contribution in [0.1, 0.15) is 24.2 Å². The van der Waals surface area contributed by atoms with Crippen LogP contribution in [0.2, 0.25) is 0 Å². The molecule has 0 aliphatic rings. The lowest BCUT2D eigenvalue weighted by molar-refractivity contribution is 0.0606. The lowest BCUT2D eigenvalue weighted by Gasteiger charge is -2.16. The molecule has 1 unspecified atom stereocenters. The molecule has 0 aliphatic carbocycles. The van der Waals surface area contributed by atoms with Gasteiger partial charge in [-0.2, -0.15) is 0 Å². The van der Waals surface area contributed by atoms with Crippen molar-refractivity contribution in [2.45, 2.75) is 20.0 Å². The van der Waals surface area contributed by atoms with E-state index in [-0.39, 0.29) is 17.4 Å². The highest BCUT2D eigenvalue weighted by Gasteiger charge is 2.14. The molecule has 0 saturated carbocycles. The molecule has 0 heterocycles. The molecule has 0 radical (unpaired) electrons. The fourth-order valence-electron chi connectivity index (χ4n) is 1.31. The molecule has 0 spiro atoms. The van der Waals surface area contributed by atoms with Gasteiger partial charge in [-0.05, 0) is 32.0 Å². The van der Waals surface area contributed by atoms with Crippen molar-refractivity contribution in [1.82, 2.24) is 0 Å². The molecule has 5 heteroatoms. The quantitative estimate of drug-likeness (QED) is 0.831. The molecule has 0 aromatic heterocycles. The first-order valence-electron chi connectivity index (χ1n) is 5.31. The Kier molecular flexibility index (Phi) is 4.90. The van der Waals surface area contributed by atoms with Crippen LogP contribution in [-0.4, -0.2) is 30.4 Å². The van der Waals surface area contributed by atoms with Gasteiger partial charge in [-0.3, -0.25) is 0 Å². The van der Waals surface area contributed by atoms with Gasteiger partial charge in [0.25, 0.3) is 0 Å². The van der Waals surface area contributed by atoms with Crippen LogP contribution in [0.5, 0.6) is 5.75 Å². The summed E-state index contributed by atoms with van der Waals surface area (Å²) in [4.78, 5) is 10.9. The lowest BCUT2D eigenvalue weighted by Crippen LogP contribution is -2.20. The van der Waals surface area contributed by atoms with E-state index in [9.17, 15) is 9.18 Å². The number of benzene rings is 1. The molecule has 1 atom stereocenters. The second-order valence-electron chi connectivity index (χ2n) is 3.53. The number of ether oxygens (including phenoxy) is 2. The van der Waals surface area contributed by atoms with Crippen LogP contribution in [0.3, 0.4) is 0 Å². The van der Waals surface area contributed by atoms with Crippen LogP contribution in [0.25, 0.3) is 0 Å². The number of rotatable bonds is 6. The van der Waals surface area contributed by atoms with Crippen LogP contribution >= 0.6 is 0 Å². The van der Waals surface area contributed by atoms with Crippen LogP contribution < -0.4 is 4.74 Å². The summed E-state index contributed by atoms with van der Waals surface area (Å²) in [5, 5.41) is 8.90. The molecule has 0 saturated heterocycles. The van der Waals surface area contributed by atoms with Crippen molar-refractivity contribution in [3.8, 4) is 5.75 Å². The summed E-state index contributed by atoms with van der Waals surface area (Å²) in [7, 11) is 0. The smallest absolute Gasteiger partial charge is 0.339 e. The zero-order valence-electron chi connectivity index (χ0n) is 9.77. The molecule has 94 valence electrons. The van der Waals surface area contributed by atoms with E-state index in [2.05, 4.69) is 0 Å². The third-order valence-corrected chi connectivity index (χ3v) is 2.06. The molecule has 0 aliphatic heterocycles. The number of hydrogen-bond donors (Lipinski definition) is 1. The summed E-state index contributed by atoms with van der Waals surface area (Å²) in [6.45, 7) is 4.52. The van der Waals surface area contributed by atoms with Gasteiger partial charge < -0.3 is 14.6 Å². The maximum atomic E-state index is 12.9. The second kappa shape index (κ2) is 6.20. The average Bonchev–Trinajstić information content (AvgIpc) is 2.28. The first-order chi connectivity index (χ1) is 8.04. The summed E-state index contributed by atoms with van der Waals surface area (Å²) in [5.74, 6) is -1.68. The van der Waals surface area contributed by atoms with E-state index in [0.717, 1.165) is 12.1 Å². The van der Waals surface area contributed by atoms with Crippen molar-refractivity contribution >= 4 is 5.97 Å². The van der Waals surface area contributed by atoms with E-state index in [1.807, 2.05) is 6.92 Å². The van der Waals surface area contributed by atoms with E-state index in [0.29, 0.717) is 13.2 Å². The largest absolute Gasteiger partial charge is 0.487 e. The Morgan fingerprint density at radius 1 is 1.53 bits per heavy atom. The number of carboxylic acid groups (broad SMARTS) is 1. The monoisotopic (exact) mass is 242 g/mol. The maximum Gasteiger partial charge on any atom is 0.339 e. The fourth-order valence-corrected chi connectivity index (χ4v) is 1.31. The molecule has 0 fully saturated rings. The molecule has 0 amide bonds. The van der Waals surface area contributed by atoms with Crippen molar-refractivity contribution in [3.05, 3.63) is 29.6 Å². The lowest BCUT2D eigenvalue weighted by atomic mass is 10.2. The summed E-state index contributed by atoms with van der Waals surface area (Å²) < 4.78 is 23.4. The minimum Gasteiger partial charge on any atom is -0.487 e. The molecule has 1 aromatic carbocycles. The Bertz CT molecular complexity index is 392. The summed E-state index contributed by atoms with van der Waals surface area (Å²) in [6, 6.07) is 3.40. The third-order valence-electron chi connectivity index (χ3n) is 2.06. The van der Waals surface area contributed by atoms with Gasteiger partial charge in [0.15, 0.2) is 0 Å². The Morgan fingerprint density at radius 2 is 2.24 bits per heavy atom. The predicted molar refractivity (Wildman–Crippen MR) is 59.9 cm³/mol. The number of carbonyl (C=O) groups is 1. The second-order valence-corrected chi connectivity index (χ2v) is 3.53. The Morgan fingerprint density at radius 3 is 2.82 bits per heavy atom. The standard InChI is InChI=1S/C12H15FO4/c1-3-16-7-8(2)17-11-5-4-9(13)6-10(11)12(14)15/h4-6,8H,3,7H2,1-2H3,(H,14,15). The molecular weight excluding hydrogens is 227 g/mol. The van der Waals surface area contributed by atoms with Crippen molar-refractivity contribution in [3.63, 3.8) is 0 Å². The molecule has 0 bridgehead atoms. The Labute approximate surface area is 99.0 Å². The van der Waals surface area contributed by atoms with Gasteiger partial charge in [0.1, 0.15) is 23.2 Å². The first-order valence-corrected chi connectivity index (χ1v) is 5.31. The molecule has 4 nitrogen and oxygen atoms in total. The first kappa shape index (κ1) is 13.4. The molecule has 17 heavy (non-hydrogen) atoms. The molecule has 1 N–H and O–H groups in total. The normalized spacial score (nSPS) is 12.2. The van der Waals surface area contributed by atoms with Crippen LogP contribution in [0.15, 0.2) is 18.2 Å². The van der Waals surface area contributed by atoms with Crippen molar-refractivity contribution in [1.29, 1.82) is 0 Å². The topological polar surface area (TPSA) is 55.8 Å². The van der Waals surface area contributed by atoms with E-state index in [1.165, 1.54) is 6.07 Å². The summed E-state index contributed by atoms with van der Waals surface area (Å²) >= 11 is 0. The van der Waals surface area contributed by atoms with Gasteiger partial charge in [-0.25, -0.2) is 9.18 Å². The molecule has 1 rings (SSSR count). The highest BCUT2D eigenvalue weighted by molar-refractivity contribution is 5.90.